The third kappa shape index (κ3) is 2.70. The van der Waals surface area contributed by atoms with Crippen molar-refractivity contribution < 1.29 is 9.53 Å². The first-order valence-electron chi connectivity index (χ1n) is 5.52. The van der Waals surface area contributed by atoms with Crippen LogP contribution in [0.25, 0.3) is 0 Å². The van der Waals surface area contributed by atoms with Crippen LogP contribution in [0.15, 0.2) is 12.3 Å². The molecule has 0 bridgehead atoms. The molecule has 0 spiro atoms. The minimum Gasteiger partial charge on any atom is -0.443 e. The van der Waals surface area contributed by atoms with Crippen LogP contribution in [0.2, 0.25) is 0 Å². The molecule has 0 fully saturated rings. The van der Waals surface area contributed by atoms with Gasteiger partial charge in [0.05, 0.1) is 0 Å². The van der Waals surface area contributed by atoms with Crippen molar-refractivity contribution in [2.45, 2.75) is 32.8 Å². The fraction of sp³-hybridized carbons (Fsp3) is 0.500. The van der Waals surface area contributed by atoms with Gasteiger partial charge in [0.15, 0.2) is 0 Å². The number of hydrogen-bond donors (Lipinski definition) is 0. The number of rotatable bonds is 0. The van der Waals surface area contributed by atoms with E-state index in [0.717, 1.165) is 21.4 Å². The first-order valence-corrected chi connectivity index (χ1v) is 6.60. The Bertz CT molecular complexity index is 454. The van der Waals surface area contributed by atoms with Crippen molar-refractivity contribution in [3.05, 3.63) is 21.4 Å². The molecule has 1 amide bonds. The maximum atomic E-state index is 12.0. The average Bonchev–Trinajstić information content (AvgIpc) is 2.60. The predicted molar refractivity (Wildman–Crippen MR) is 74.2 cm³/mol. The molecule has 2 rings (SSSR count). The third-order valence-electron chi connectivity index (χ3n) is 2.43. The van der Waals surface area contributed by atoms with E-state index in [0.29, 0.717) is 6.54 Å². The second-order valence-corrected chi connectivity index (χ2v) is 6.14. The smallest absolute Gasteiger partial charge is 0.416 e. The molecule has 5 heteroatoms. The summed E-state index contributed by atoms with van der Waals surface area (Å²) in [5, 5.41) is 0. The maximum Gasteiger partial charge on any atom is 0.416 e. The Balaban J connectivity index is 2.23. The molecule has 1 aliphatic heterocycles. The van der Waals surface area contributed by atoms with E-state index in [1.807, 2.05) is 26.8 Å². The van der Waals surface area contributed by atoms with Crippen molar-refractivity contribution in [3.63, 3.8) is 0 Å². The van der Waals surface area contributed by atoms with E-state index in [-0.39, 0.29) is 6.09 Å². The Labute approximate surface area is 114 Å². The number of carbonyl (C=O) groups is 1. The summed E-state index contributed by atoms with van der Waals surface area (Å²) in [4.78, 5) is 17.9. The summed E-state index contributed by atoms with van der Waals surface area (Å²) >= 11 is 2.27. The van der Waals surface area contributed by atoms with E-state index >= 15 is 0 Å². The molecule has 0 radical (unpaired) electrons. The van der Waals surface area contributed by atoms with Crippen LogP contribution in [0.4, 0.5) is 10.6 Å². The van der Waals surface area contributed by atoms with Gasteiger partial charge in [0.1, 0.15) is 11.4 Å². The molecule has 1 aromatic heterocycles. The van der Waals surface area contributed by atoms with Gasteiger partial charge in [-0.3, -0.25) is 4.90 Å². The number of nitrogens with zero attached hydrogens (tertiary/aromatic N) is 2. The van der Waals surface area contributed by atoms with E-state index in [1.54, 1.807) is 11.1 Å². The molecule has 17 heavy (non-hydrogen) atoms. The summed E-state index contributed by atoms with van der Waals surface area (Å²) in [6, 6.07) is 1.96. The highest BCUT2D eigenvalue weighted by molar-refractivity contribution is 14.1. The highest BCUT2D eigenvalue weighted by Gasteiger charge is 2.30. The number of halogens is 1. The molecule has 4 nitrogen and oxygen atoms in total. The molecule has 0 atom stereocenters. The van der Waals surface area contributed by atoms with Crippen molar-refractivity contribution >= 4 is 34.5 Å². The summed E-state index contributed by atoms with van der Waals surface area (Å²) in [7, 11) is 0. The van der Waals surface area contributed by atoms with E-state index < -0.39 is 5.60 Å². The number of amides is 1. The fourth-order valence-electron chi connectivity index (χ4n) is 1.75. The Morgan fingerprint density at radius 3 is 2.88 bits per heavy atom. The van der Waals surface area contributed by atoms with Crippen molar-refractivity contribution in [2.24, 2.45) is 0 Å². The van der Waals surface area contributed by atoms with Gasteiger partial charge in [-0.05, 0) is 55.8 Å². The van der Waals surface area contributed by atoms with Gasteiger partial charge >= 0.3 is 6.09 Å². The second kappa shape index (κ2) is 4.44. The van der Waals surface area contributed by atoms with Gasteiger partial charge in [-0.1, -0.05) is 0 Å². The van der Waals surface area contributed by atoms with Crippen LogP contribution in [-0.2, 0) is 11.2 Å². The van der Waals surface area contributed by atoms with Gasteiger partial charge < -0.3 is 4.74 Å². The largest absolute Gasteiger partial charge is 0.443 e. The minimum absolute atomic E-state index is 0.314. The van der Waals surface area contributed by atoms with E-state index in [4.69, 9.17) is 4.74 Å². The first-order chi connectivity index (χ1) is 7.88. The molecular formula is C12H15IN2O2. The molecule has 92 valence electrons. The van der Waals surface area contributed by atoms with Crippen LogP contribution in [-0.4, -0.2) is 23.2 Å². The minimum atomic E-state index is -0.470. The van der Waals surface area contributed by atoms with Gasteiger partial charge in [-0.2, -0.15) is 0 Å². The summed E-state index contributed by atoms with van der Waals surface area (Å²) < 4.78 is 6.51. The standard InChI is InChI=1S/C12H15IN2O2/c1-12(2,3)17-11(16)15-7-5-8-9(13)4-6-14-10(8)15/h4,6H,5,7H2,1-3H3. The normalized spacial score (nSPS) is 14.7. The Kier molecular flexibility index (Phi) is 3.29. The molecule has 0 aliphatic carbocycles. The summed E-state index contributed by atoms with van der Waals surface area (Å²) in [6.07, 6.45) is 2.26. The monoisotopic (exact) mass is 346 g/mol. The first kappa shape index (κ1) is 12.6. The predicted octanol–water partition coefficient (Wildman–Crippen LogP) is 2.98. The van der Waals surface area contributed by atoms with Gasteiger partial charge in [0, 0.05) is 21.9 Å². The third-order valence-corrected chi connectivity index (χ3v) is 3.44. The highest BCUT2D eigenvalue weighted by Crippen LogP contribution is 2.30. The van der Waals surface area contributed by atoms with Crippen LogP contribution < -0.4 is 4.90 Å². The van der Waals surface area contributed by atoms with Crippen LogP contribution in [0, 0.1) is 3.57 Å². The summed E-state index contributed by atoms with van der Waals surface area (Å²) in [5.74, 6) is 0.742. The number of aromatic nitrogens is 1. The van der Waals surface area contributed by atoms with E-state index in [1.165, 1.54) is 0 Å². The lowest BCUT2D eigenvalue weighted by Crippen LogP contribution is -2.36. The number of anilines is 1. The maximum absolute atomic E-state index is 12.0. The molecule has 0 N–H and O–H groups in total. The Morgan fingerprint density at radius 1 is 1.53 bits per heavy atom. The van der Waals surface area contributed by atoms with Crippen LogP contribution >= 0.6 is 22.6 Å². The molecule has 2 heterocycles. The van der Waals surface area contributed by atoms with Gasteiger partial charge in [0.2, 0.25) is 0 Å². The lowest BCUT2D eigenvalue weighted by Gasteiger charge is -2.24. The number of carbonyl (C=O) groups excluding carboxylic acids is 1. The van der Waals surface area contributed by atoms with E-state index in [9.17, 15) is 4.79 Å². The zero-order chi connectivity index (χ0) is 12.6. The van der Waals surface area contributed by atoms with Gasteiger partial charge in [-0.25, -0.2) is 9.78 Å². The molecule has 0 aromatic carbocycles. The lowest BCUT2D eigenvalue weighted by atomic mass is 10.2. The van der Waals surface area contributed by atoms with Crippen molar-refractivity contribution in [2.75, 3.05) is 11.4 Å². The van der Waals surface area contributed by atoms with Crippen molar-refractivity contribution in [3.8, 4) is 0 Å². The zero-order valence-electron chi connectivity index (χ0n) is 10.2. The molecule has 0 saturated heterocycles. The molecule has 1 aromatic rings. The van der Waals surface area contributed by atoms with Crippen molar-refractivity contribution in [1.29, 1.82) is 0 Å². The molecule has 1 aliphatic rings. The second-order valence-electron chi connectivity index (χ2n) is 4.98. The zero-order valence-corrected chi connectivity index (χ0v) is 12.3. The average molecular weight is 346 g/mol. The number of hydrogen-bond acceptors (Lipinski definition) is 3. The molecular weight excluding hydrogens is 331 g/mol. The summed E-state index contributed by atoms with van der Waals surface area (Å²) in [6.45, 7) is 6.25. The van der Waals surface area contributed by atoms with Gasteiger partial charge in [-0.15, -0.1) is 0 Å². The fourth-order valence-corrected chi connectivity index (χ4v) is 2.42. The van der Waals surface area contributed by atoms with Gasteiger partial charge in [0.25, 0.3) is 0 Å². The Hall–Kier alpha value is -0.850. The van der Waals surface area contributed by atoms with Crippen LogP contribution in [0.3, 0.4) is 0 Å². The van der Waals surface area contributed by atoms with Crippen molar-refractivity contribution in [1.82, 2.24) is 4.98 Å². The van der Waals surface area contributed by atoms with E-state index in [2.05, 4.69) is 27.6 Å². The lowest BCUT2D eigenvalue weighted by molar-refractivity contribution is 0.0583. The number of ether oxygens (including phenoxy) is 1. The number of fused-ring (bicyclic) bond motifs is 1. The SMILES string of the molecule is CC(C)(C)OC(=O)N1CCc2c(I)ccnc21. The number of pyridine rings is 1. The Morgan fingerprint density at radius 2 is 2.24 bits per heavy atom. The summed E-state index contributed by atoms with van der Waals surface area (Å²) in [5.41, 5.74) is 0.667. The molecule has 0 unspecified atom stereocenters. The quantitative estimate of drug-likeness (QED) is 0.679. The highest BCUT2D eigenvalue weighted by atomic mass is 127. The topological polar surface area (TPSA) is 42.4 Å². The van der Waals surface area contributed by atoms with Crippen LogP contribution in [0.5, 0.6) is 0 Å². The molecule has 0 saturated carbocycles. The van der Waals surface area contributed by atoms with Crippen LogP contribution in [0.1, 0.15) is 26.3 Å².